The topological polar surface area (TPSA) is 13.1 Å². The van der Waals surface area contributed by atoms with Gasteiger partial charge in [-0.25, -0.2) is 0 Å². The standard InChI is InChI=1S/C9H10O.CH4S/c1-7-3-2-4-9-8(7)5-6-10-9;1-2/h5-6H,1-4H2;2H,1H3. The average Bonchev–Trinajstić information content (AvgIpc) is 2.57. The molecule has 66 valence electrons. The van der Waals surface area contributed by atoms with Crippen LogP contribution >= 0.6 is 12.6 Å². The highest BCUT2D eigenvalue weighted by Gasteiger charge is 2.13. The van der Waals surface area contributed by atoms with Crippen molar-refractivity contribution >= 4 is 18.2 Å². The Bertz CT molecular complexity index is 263. The molecule has 0 radical (unpaired) electrons. The molecule has 2 heteroatoms. The zero-order chi connectivity index (χ0) is 8.97. The molecule has 2 rings (SSSR count). The Balaban J connectivity index is 0.000000336. The molecule has 1 nitrogen and oxygen atoms in total. The van der Waals surface area contributed by atoms with Gasteiger partial charge >= 0.3 is 0 Å². The van der Waals surface area contributed by atoms with E-state index in [4.69, 9.17) is 4.42 Å². The van der Waals surface area contributed by atoms with Crippen molar-refractivity contribution in [2.45, 2.75) is 19.3 Å². The molecule has 0 atom stereocenters. The van der Waals surface area contributed by atoms with Crippen LogP contribution in [0.3, 0.4) is 0 Å². The van der Waals surface area contributed by atoms with Crippen LogP contribution in [0, 0.1) is 0 Å². The van der Waals surface area contributed by atoms with Crippen molar-refractivity contribution in [3.8, 4) is 0 Å². The van der Waals surface area contributed by atoms with Crippen LogP contribution in [0.4, 0.5) is 0 Å². The van der Waals surface area contributed by atoms with Crippen LogP contribution in [-0.4, -0.2) is 6.26 Å². The monoisotopic (exact) mass is 182 g/mol. The van der Waals surface area contributed by atoms with Crippen LogP contribution in [0.1, 0.15) is 24.2 Å². The van der Waals surface area contributed by atoms with E-state index in [0.717, 1.165) is 18.6 Å². The summed E-state index contributed by atoms with van der Waals surface area (Å²) in [6, 6.07) is 2.01. The molecule has 1 aromatic heterocycles. The molecule has 0 saturated heterocycles. The number of hydrogen-bond acceptors (Lipinski definition) is 2. The number of hydrogen-bond donors (Lipinski definition) is 1. The fourth-order valence-electron chi connectivity index (χ4n) is 1.45. The van der Waals surface area contributed by atoms with E-state index < -0.39 is 0 Å². The fraction of sp³-hybridized carbons (Fsp3) is 0.400. The molecule has 0 spiro atoms. The van der Waals surface area contributed by atoms with Gasteiger partial charge in [0.25, 0.3) is 0 Å². The number of furan rings is 1. The molecule has 0 aromatic carbocycles. The minimum Gasteiger partial charge on any atom is -0.469 e. The van der Waals surface area contributed by atoms with Gasteiger partial charge in [-0.2, -0.15) is 12.6 Å². The molecular weight excluding hydrogens is 168 g/mol. The van der Waals surface area contributed by atoms with Gasteiger partial charge in [0.1, 0.15) is 5.76 Å². The molecular formula is C10H14OS. The molecule has 0 fully saturated rings. The summed E-state index contributed by atoms with van der Waals surface area (Å²) in [5, 5.41) is 0. The van der Waals surface area contributed by atoms with E-state index in [1.807, 2.05) is 6.07 Å². The number of fused-ring (bicyclic) bond motifs is 1. The summed E-state index contributed by atoms with van der Waals surface area (Å²) in [6.45, 7) is 3.97. The maximum atomic E-state index is 5.27. The van der Waals surface area contributed by atoms with Crippen molar-refractivity contribution in [3.05, 3.63) is 30.2 Å². The quantitative estimate of drug-likeness (QED) is 0.608. The second-order valence-electron chi connectivity index (χ2n) is 2.71. The number of allylic oxidation sites excluding steroid dienone is 1. The maximum Gasteiger partial charge on any atom is 0.111 e. The van der Waals surface area contributed by atoms with Crippen molar-refractivity contribution in [2.24, 2.45) is 0 Å². The third-order valence-electron chi connectivity index (χ3n) is 2.01. The lowest BCUT2D eigenvalue weighted by molar-refractivity contribution is 0.497. The van der Waals surface area contributed by atoms with Gasteiger partial charge in [0.05, 0.1) is 6.26 Å². The van der Waals surface area contributed by atoms with Crippen LogP contribution in [0.5, 0.6) is 0 Å². The molecule has 0 unspecified atom stereocenters. The first-order valence-electron chi connectivity index (χ1n) is 4.07. The lowest BCUT2D eigenvalue weighted by atomic mass is 9.94. The summed E-state index contributed by atoms with van der Waals surface area (Å²) in [6.07, 6.45) is 6.86. The van der Waals surface area contributed by atoms with Crippen LogP contribution < -0.4 is 0 Å². The van der Waals surface area contributed by atoms with Crippen LogP contribution in [0.25, 0.3) is 5.57 Å². The largest absolute Gasteiger partial charge is 0.469 e. The zero-order valence-electron chi connectivity index (χ0n) is 7.34. The summed E-state index contributed by atoms with van der Waals surface area (Å²) in [4.78, 5) is 0. The smallest absolute Gasteiger partial charge is 0.111 e. The Morgan fingerprint density at radius 2 is 2.17 bits per heavy atom. The predicted molar refractivity (Wildman–Crippen MR) is 55.6 cm³/mol. The third kappa shape index (κ3) is 1.75. The van der Waals surface area contributed by atoms with E-state index in [1.54, 1.807) is 12.5 Å². The summed E-state index contributed by atoms with van der Waals surface area (Å²) >= 11 is 3.53. The summed E-state index contributed by atoms with van der Waals surface area (Å²) < 4.78 is 5.27. The van der Waals surface area contributed by atoms with Crippen molar-refractivity contribution < 1.29 is 4.42 Å². The Hall–Kier alpha value is -0.630. The molecule has 0 N–H and O–H groups in total. The lowest BCUT2D eigenvalue weighted by Gasteiger charge is -2.10. The fourth-order valence-corrected chi connectivity index (χ4v) is 1.45. The zero-order valence-corrected chi connectivity index (χ0v) is 8.23. The van der Waals surface area contributed by atoms with E-state index in [0.29, 0.717) is 0 Å². The number of rotatable bonds is 0. The molecule has 1 aliphatic rings. The van der Waals surface area contributed by atoms with E-state index in [2.05, 4.69) is 19.2 Å². The second-order valence-corrected chi connectivity index (χ2v) is 2.71. The normalized spacial score (nSPS) is 14.7. The highest BCUT2D eigenvalue weighted by molar-refractivity contribution is 7.79. The van der Waals surface area contributed by atoms with E-state index in [1.165, 1.54) is 17.6 Å². The van der Waals surface area contributed by atoms with Crippen molar-refractivity contribution in [2.75, 3.05) is 6.26 Å². The van der Waals surface area contributed by atoms with Crippen molar-refractivity contribution in [1.82, 2.24) is 0 Å². The van der Waals surface area contributed by atoms with Crippen molar-refractivity contribution in [3.63, 3.8) is 0 Å². The molecule has 0 aliphatic heterocycles. The summed E-state index contributed by atoms with van der Waals surface area (Å²) in [7, 11) is 0. The van der Waals surface area contributed by atoms with Gasteiger partial charge in [-0.1, -0.05) is 6.58 Å². The van der Waals surface area contributed by atoms with E-state index in [-0.39, 0.29) is 0 Å². The van der Waals surface area contributed by atoms with Crippen LogP contribution in [-0.2, 0) is 6.42 Å². The van der Waals surface area contributed by atoms with Crippen molar-refractivity contribution in [1.29, 1.82) is 0 Å². The molecule has 0 amide bonds. The van der Waals surface area contributed by atoms with Gasteiger partial charge in [-0.05, 0) is 30.7 Å². The van der Waals surface area contributed by atoms with Gasteiger partial charge in [0, 0.05) is 12.0 Å². The van der Waals surface area contributed by atoms with Crippen LogP contribution in [0.15, 0.2) is 23.3 Å². The molecule has 1 aromatic rings. The molecule has 0 bridgehead atoms. The van der Waals surface area contributed by atoms with Gasteiger partial charge in [-0.15, -0.1) is 0 Å². The minimum atomic E-state index is 1.08. The van der Waals surface area contributed by atoms with Gasteiger partial charge in [-0.3, -0.25) is 0 Å². The second kappa shape index (κ2) is 4.41. The Kier molecular flexibility index (Phi) is 3.48. The maximum absolute atomic E-state index is 5.27. The van der Waals surface area contributed by atoms with Crippen LogP contribution in [0.2, 0.25) is 0 Å². The predicted octanol–water partition coefficient (Wildman–Crippen LogP) is 3.18. The minimum absolute atomic E-state index is 1.08. The first-order chi connectivity index (χ1) is 5.88. The van der Waals surface area contributed by atoms with Gasteiger partial charge in [0.2, 0.25) is 0 Å². The first-order valence-corrected chi connectivity index (χ1v) is 4.96. The van der Waals surface area contributed by atoms with E-state index >= 15 is 0 Å². The molecule has 12 heavy (non-hydrogen) atoms. The highest BCUT2D eigenvalue weighted by atomic mass is 32.1. The summed E-state index contributed by atoms with van der Waals surface area (Å²) in [5.74, 6) is 1.12. The summed E-state index contributed by atoms with van der Waals surface area (Å²) in [5.41, 5.74) is 2.47. The Morgan fingerprint density at radius 1 is 1.42 bits per heavy atom. The Labute approximate surface area is 78.9 Å². The molecule has 1 aliphatic carbocycles. The molecule has 0 saturated carbocycles. The van der Waals surface area contributed by atoms with Gasteiger partial charge in [0.15, 0.2) is 0 Å². The molecule has 1 heterocycles. The number of aryl methyl sites for hydroxylation is 1. The number of thiol groups is 1. The first kappa shape index (κ1) is 9.46. The third-order valence-corrected chi connectivity index (χ3v) is 2.01. The highest BCUT2D eigenvalue weighted by Crippen LogP contribution is 2.29. The average molecular weight is 182 g/mol. The SMILES string of the molecule is C=C1CCCc2occc21.CS. The Morgan fingerprint density at radius 3 is 2.83 bits per heavy atom. The van der Waals surface area contributed by atoms with E-state index in [9.17, 15) is 0 Å². The van der Waals surface area contributed by atoms with Gasteiger partial charge < -0.3 is 4.42 Å². The lowest BCUT2D eigenvalue weighted by Crippen LogP contribution is -1.96.